The molecule has 2 atom stereocenters. The van der Waals surface area contributed by atoms with Crippen molar-refractivity contribution >= 4 is 0 Å². The molecular weight excluding hydrogens is 261 g/mol. The van der Waals surface area contributed by atoms with Crippen molar-refractivity contribution in [3.8, 4) is 11.5 Å². The lowest BCUT2D eigenvalue weighted by atomic mass is 10.0. The highest BCUT2D eigenvalue weighted by Crippen LogP contribution is 2.34. The summed E-state index contributed by atoms with van der Waals surface area (Å²) in [6.07, 6.45) is 2.24. The molecule has 1 aliphatic rings. The number of aromatic nitrogens is 1. The number of nitrogens with two attached hydrogens (primary N) is 1. The van der Waals surface area contributed by atoms with Gasteiger partial charge in [0.15, 0.2) is 17.6 Å². The van der Waals surface area contributed by atoms with Crippen molar-refractivity contribution in [3.63, 3.8) is 0 Å². The van der Waals surface area contributed by atoms with E-state index in [1.807, 2.05) is 18.2 Å². The first-order chi connectivity index (χ1) is 9.79. The first kappa shape index (κ1) is 12.8. The van der Waals surface area contributed by atoms with Crippen LogP contribution in [0.25, 0.3) is 0 Å². The minimum atomic E-state index is -0.522. The normalized spacial score (nSPS) is 18.6. The summed E-state index contributed by atoms with van der Waals surface area (Å²) < 4.78 is 25.3. The van der Waals surface area contributed by atoms with E-state index in [1.165, 1.54) is 6.20 Å². The number of ether oxygens (including phenoxy) is 2. The number of nitrogens with one attached hydrogen (secondary N) is 1. The van der Waals surface area contributed by atoms with E-state index in [1.54, 1.807) is 12.1 Å². The third-order valence-corrected chi connectivity index (χ3v) is 3.22. The number of hydrogen-bond donors (Lipinski definition) is 2. The van der Waals surface area contributed by atoms with E-state index in [9.17, 15) is 4.39 Å². The maximum absolute atomic E-state index is 13.8. The fourth-order valence-electron chi connectivity index (χ4n) is 2.24. The van der Waals surface area contributed by atoms with Gasteiger partial charge in [0.05, 0.1) is 12.2 Å². The molecule has 0 aliphatic carbocycles. The van der Waals surface area contributed by atoms with Gasteiger partial charge in [-0.1, -0.05) is 12.1 Å². The number of fused-ring (bicyclic) bond motifs is 1. The van der Waals surface area contributed by atoms with Gasteiger partial charge in [-0.05, 0) is 18.2 Å². The average molecular weight is 275 g/mol. The molecular formula is C14H14FN3O2. The highest BCUT2D eigenvalue weighted by atomic mass is 19.1. The van der Waals surface area contributed by atoms with Gasteiger partial charge in [-0.3, -0.25) is 10.8 Å². The smallest absolute Gasteiger partial charge is 0.161 e. The van der Waals surface area contributed by atoms with Gasteiger partial charge in [-0.2, -0.15) is 0 Å². The summed E-state index contributed by atoms with van der Waals surface area (Å²) in [6.45, 7) is 0.285. The van der Waals surface area contributed by atoms with Crippen molar-refractivity contribution in [1.82, 2.24) is 10.4 Å². The minimum absolute atomic E-state index is 0.285. The molecule has 20 heavy (non-hydrogen) atoms. The molecule has 0 saturated carbocycles. The predicted molar refractivity (Wildman–Crippen MR) is 70.6 cm³/mol. The van der Waals surface area contributed by atoms with Crippen LogP contribution in [0.5, 0.6) is 11.5 Å². The van der Waals surface area contributed by atoms with Crippen molar-refractivity contribution in [3.05, 3.63) is 54.1 Å². The molecule has 1 aliphatic heterocycles. The maximum Gasteiger partial charge on any atom is 0.161 e. The van der Waals surface area contributed by atoms with Crippen molar-refractivity contribution in [2.24, 2.45) is 5.84 Å². The molecule has 2 aromatic rings. The van der Waals surface area contributed by atoms with Gasteiger partial charge in [0.25, 0.3) is 0 Å². The highest BCUT2D eigenvalue weighted by Gasteiger charge is 2.31. The number of pyridine rings is 1. The van der Waals surface area contributed by atoms with E-state index >= 15 is 0 Å². The van der Waals surface area contributed by atoms with Crippen LogP contribution in [-0.4, -0.2) is 17.7 Å². The Labute approximate surface area is 115 Å². The molecule has 0 saturated heterocycles. The van der Waals surface area contributed by atoms with Crippen molar-refractivity contribution in [2.45, 2.75) is 12.1 Å². The molecule has 104 valence electrons. The Hall–Kier alpha value is -2.18. The molecule has 1 aromatic heterocycles. The van der Waals surface area contributed by atoms with E-state index in [0.29, 0.717) is 17.1 Å². The van der Waals surface area contributed by atoms with Crippen molar-refractivity contribution < 1.29 is 13.9 Å². The lowest BCUT2D eigenvalue weighted by Crippen LogP contribution is -2.44. The summed E-state index contributed by atoms with van der Waals surface area (Å²) in [6, 6.07) is 8.39. The summed E-state index contributed by atoms with van der Waals surface area (Å²) >= 11 is 0. The largest absolute Gasteiger partial charge is 0.486 e. The van der Waals surface area contributed by atoms with Gasteiger partial charge in [0.1, 0.15) is 12.4 Å². The molecule has 5 nitrogen and oxygen atoms in total. The zero-order valence-electron chi connectivity index (χ0n) is 10.6. The molecule has 1 aromatic carbocycles. The molecule has 0 radical (unpaired) electrons. The summed E-state index contributed by atoms with van der Waals surface area (Å²) in [7, 11) is 0. The molecule has 2 heterocycles. The Morgan fingerprint density at radius 2 is 2.10 bits per heavy atom. The van der Waals surface area contributed by atoms with Crippen LogP contribution in [0.2, 0.25) is 0 Å². The SMILES string of the molecule is NNC(c1ccncc1F)C1COc2ccccc2O1. The molecule has 0 bridgehead atoms. The monoisotopic (exact) mass is 275 g/mol. The first-order valence-electron chi connectivity index (χ1n) is 6.23. The molecule has 3 N–H and O–H groups in total. The van der Waals surface area contributed by atoms with Gasteiger partial charge in [-0.25, -0.2) is 9.82 Å². The molecule has 0 fully saturated rings. The van der Waals surface area contributed by atoms with E-state index < -0.39 is 18.0 Å². The topological polar surface area (TPSA) is 69.4 Å². The summed E-state index contributed by atoms with van der Waals surface area (Å²) in [5.41, 5.74) is 2.99. The number of hydrazine groups is 1. The van der Waals surface area contributed by atoms with Crippen molar-refractivity contribution in [1.29, 1.82) is 0 Å². The van der Waals surface area contributed by atoms with Crippen LogP contribution in [-0.2, 0) is 0 Å². The van der Waals surface area contributed by atoms with Crippen molar-refractivity contribution in [2.75, 3.05) is 6.61 Å². The van der Waals surface area contributed by atoms with Gasteiger partial charge >= 0.3 is 0 Å². The standard InChI is InChI=1S/C14H14FN3O2/c15-10-7-17-6-5-9(10)14(18-16)13-8-19-11-3-1-2-4-12(11)20-13/h1-7,13-14,18H,8,16H2. The molecule has 0 amide bonds. The Morgan fingerprint density at radius 3 is 2.85 bits per heavy atom. The molecule has 2 unspecified atom stereocenters. The third kappa shape index (κ3) is 2.31. The molecule has 6 heteroatoms. The second-order valence-corrected chi connectivity index (χ2v) is 4.46. The Morgan fingerprint density at radius 1 is 1.30 bits per heavy atom. The third-order valence-electron chi connectivity index (χ3n) is 3.22. The molecule has 0 spiro atoms. The number of hydrogen-bond acceptors (Lipinski definition) is 5. The number of benzene rings is 1. The van der Waals surface area contributed by atoms with Gasteiger partial charge < -0.3 is 9.47 Å². The lowest BCUT2D eigenvalue weighted by molar-refractivity contribution is 0.0607. The zero-order chi connectivity index (χ0) is 13.9. The number of nitrogens with zero attached hydrogens (tertiary/aromatic N) is 1. The van der Waals surface area contributed by atoms with Gasteiger partial charge in [0, 0.05) is 11.8 Å². The lowest BCUT2D eigenvalue weighted by Gasteiger charge is -2.32. The molecule has 3 rings (SSSR count). The summed E-state index contributed by atoms with van der Waals surface area (Å²) in [5, 5.41) is 0. The predicted octanol–water partition coefficient (Wildman–Crippen LogP) is 1.57. The van der Waals surface area contributed by atoms with Crippen LogP contribution in [0.1, 0.15) is 11.6 Å². The van der Waals surface area contributed by atoms with Crippen LogP contribution in [0.3, 0.4) is 0 Å². The van der Waals surface area contributed by atoms with E-state index in [0.717, 1.165) is 6.20 Å². The number of halogens is 1. The van der Waals surface area contributed by atoms with Crippen LogP contribution >= 0.6 is 0 Å². The number of para-hydroxylation sites is 2. The summed E-state index contributed by atoms with van der Waals surface area (Å²) in [4.78, 5) is 3.73. The van der Waals surface area contributed by atoms with Crippen LogP contribution < -0.4 is 20.7 Å². The second-order valence-electron chi connectivity index (χ2n) is 4.46. The van der Waals surface area contributed by atoms with Crippen LogP contribution in [0.15, 0.2) is 42.7 Å². The van der Waals surface area contributed by atoms with E-state index in [4.69, 9.17) is 15.3 Å². The fourth-order valence-corrected chi connectivity index (χ4v) is 2.24. The van der Waals surface area contributed by atoms with Crippen LogP contribution in [0.4, 0.5) is 4.39 Å². The quantitative estimate of drug-likeness (QED) is 0.657. The van der Waals surface area contributed by atoms with Gasteiger partial charge in [0.2, 0.25) is 0 Å². The number of rotatable bonds is 3. The Kier molecular flexibility index (Phi) is 3.49. The highest BCUT2D eigenvalue weighted by molar-refractivity contribution is 5.41. The first-order valence-corrected chi connectivity index (χ1v) is 6.23. The Bertz CT molecular complexity index is 608. The zero-order valence-corrected chi connectivity index (χ0v) is 10.6. The summed E-state index contributed by atoms with van der Waals surface area (Å²) in [5.74, 6) is 6.42. The Balaban J connectivity index is 1.87. The van der Waals surface area contributed by atoms with E-state index in [2.05, 4.69) is 10.4 Å². The fraction of sp³-hybridized carbons (Fsp3) is 0.214. The average Bonchev–Trinajstić information content (AvgIpc) is 2.50. The second kappa shape index (κ2) is 5.44. The van der Waals surface area contributed by atoms with Gasteiger partial charge in [-0.15, -0.1) is 0 Å². The maximum atomic E-state index is 13.8. The van der Waals surface area contributed by atoms with E-state index in [-0.39, 0.29) is 6.61 Å². The van der Waals surface area contributed by atoms with Crippen LogP contribution in [0, 0.1) is 5.82 Å². The minimum Gasteiger partial charge on any atom is -0.486 e.